The first-order chi connectivity index (χ1) is 12.8. The summed E-state index contributed by atoms with van der Waals surface area (Å²) in [4.78, 5) is 24.0. The van der Waals surface area contributed by atoms with Crippen molar-refractivity contribution in [3.63, 3.8) is 0 Å². The second-order valence-corrected chi connectivity index (χ2v) is 6.88. The van der Waals surface area contributed by atoms with Crippen LogP contribution in [0.4, 0.5) is 5.95 Å². The van der Waals surface area contributed by atoms with Crippen molar-refractivity contribution in [2.24, 2.45) is 5.92 Å². The Morgan fingerprint density at radius 3 is 2.85 bits per heavy atom. The number of rotatable bonds is 4. The molecule has 0 unspecified atom stereocenters. The number of aromatic nitrogens is 2. The molecule has 1 aliphatic heterocycles. The minimum absolute atomic E-state index is 0.00375. The first-order valence-corrected chi connectivity index (χ1v) is 9.29. The molecule has 6 heteroatoms. The van der Waals surface area contributed by atoms with Crippen LogP contribution in [0.3, 0.4) is 0 Å². The third-order valence-electron chi connectivity index (χ3n) is 5.11. The number of hydrogen-bond acceptors (Lipinski definition) is 5. The molecule has 0 bridgehead atoms. The SMILES string of the molecule is O=C(NCc1ccccc1)[C@H]1CCc2nc(N3CCOCC3)ncc2C1. The Bertz CT molecular complexity index is 760. The van der Waals surface area contributed by atoms with Crippen molar-refractivity contribution in [3.05, 3.63) is 53.3 Å². The van der Waals surface area contributed by atoms with Crippen LogP contribution >= 0.6 is 0 Å². The number of nitrogens with zero attached hydrogens (tertiary/aromatic N) is 3. The van der Waals surface area contributed by atoms with Crippen molar-refractivity contribution < 1.29 is 9.53 Å². The summed E-state index contributed by atoms with van der Waals surface area (Å²) in [5.74, 6) is 0.917. The highest BCUT2D eigenvalue weighted by atomic mass is 16.5. The molecule has 1 amide bonds. The summed E-state index contributed by atoms with van der Waals surface area (Å²) in [7, 11) is 0. The first-order valence-electron chi connectivity index (χ1n) is 9.29. The molecular weight excluding hydrogens is 328 g/mol. The summed E-state index contributed by atoms with van der Waals surface area (Å²) in [6, 6.07) is 10.0. The van der Waals surface area contributed by atoms with Gasteiger partial charge in [0.15, 0.2) is 0 Å². The Morgan fingerprint density at radius 2 is 2.04 bits per heavy atom. The monoisotopic (exact) mass is 352 g/mol. The van der Waals surface area contributed by atoms with Crippen LogP contribution in [0.15, 0.2) is 36.5 Å². The Morgan fingerprint density at radius 1 is 1.23 bits per heavy atom. The second kappa shape index (κ2) is 7.83. The van der Waals surface area contributed by atoms with Crippen LogP contribution in [0.2, 0.25) is 0 Å². The molecule has 1 N–H and O–H groups in total. The zero-order valence-electron chi connectivity index (χ0n) is 14.9. The number of morpholine rings is 1. The molecule has 1 atom stereocenters. The molecule has 0 saturated carbocycles. The molecule has 1 saturated heterocycles. The third kappa shape index (κ3) is 3.85. The molecule has 2 aromatic rings. The number of amides is 1. The molecule has 26 heavy (non-hydrogen) atoms. The second-order valence-electron chi connectivity index (χ2n) is 6.88. The molecule has 0 spiro atoms. The van der Waals surface area contributed by atoms with Crippen molar-refractivity contribution in [2.75, 3.05) is 31.2 Å². The maximum atomic E-state index is 12.5. The number of nitrogens with one attached hydrogen (secondary N) is 1. The largest absolute Gasteiger partial charge is 0.378 e. The van der Waals surface area contributed by atoms with E-state index in [-0.39, 0.29) is 11.8 Å². The van der Waals surface area contributed by atoms with E-state index in [9.17, 15) is 4.79 Å². The van der Waals surface area contributed by atoms with Gasteiger partial charge in [-0.2, -0.15) is 0 Å². The van der Waals surface area contributed by atoms with Crippen molar-refractivity contribution >= 4 is 11.9 Å². The van der Waals surface area contributed by atoms with Crippen LogP contribution in [0, 0.1) is 5.92 Å². The number of hydrogen-bond donors (Lipinski definition) is 1. The molecule has 1 aromatic carbocycles. The van der Waals surface area contributed by atoms with E-state index in [2.05, 4.69) is 15.2 Å². The van der Waals surface area contributed by atoms with Crippen molar-refractivity contribution in [3.8, 4) is 0 Å². The molecule has 0 radical (unpaired) electrons. The van der Waals surface area contributed by atoms with Gasteiger partial charge in [0.25, 0.3) is 0 Å². The lowest BCUT2D eigenvalue weighted by Crippen LogP contribution is -2.38. The van der Waals surface area contributed by atoms with Gasteiger partial charge in [0.05, 0.1) is 13.2 Å². The fourth-order valence-corrected chi connectivity index (χ4v) is 3.57. The Kier molecular flexibility index (Phi) is 5.11. The highest BCUT2D eigenvalue weighted by molar-refractivity contribution is 5.79. The zero-order chi connectivity index (χ0) is 17.8. The molecule has 136 valence electrons. The lowest BCUT2D eigenvalue weighted by molar-refractivity contribution is -0.125. The summed E-state index contributed by atoms with van der Waals surface area (Å²) in [6.45, 7) is 3.70. The van der Waals surface area contributed by atoms with E-state index >= 15 is 0 Å². The highest BCUT2D eigenvalue weighted by Crippen LogP contribution is 2.25. The van der Waals surface area contributed by atoms with E-state index in [0.717, 1.165) is 68.3 Å². The van der Waals surface area contributed by atoms with E-state index in [1.165, 1.54) is 0 Å². The molecule has 1 aromatic heterocycles. The van der Waals surface area contributed by atoms with Gasteiger partial charge in [0, 0.05) is 37.4 Å². The Hall–Kier alpha value is -2.47. The van der Waals surface area contributed by atoms with Gasteiger partial charge in [-0.25, -0.2) is 9.97 Å². The lowest BCUT2D eigenvalue weighted by atomic mass is 9.86. The van der Waals surface area contributed by atoms with Crippen molar-refractivity contribution in [1.82, 2.24) is 15.3 Å². The van der Waals surface area contributed by atoms with Gasteiger partial charge in [-0.05, 0) is 30.4 Å². The van der Waals surface area contributed by atoms with Gasteiger partial charge in [-0.3, -0.25) is 4.79 Å². The van der Waals surface area contributed by atoms with Crippen LogP contribution in [0.5, 0.6) is 0 Å². The highest BCUT2D eigenvalue weighted by Gasteiger charge is 2.26. The van der Waals surface area contributed by atoms with Crippen LogP contribution in [-0.4, -0.2) is 42.2 Å². The standard InChI is InChI=1S/C20H24N4O2/c25-19(21-13-15-4-2-1-3-5-15)16-6-7-18-17(12-16)14-22-20(23-18)24-8-10-26-11-9-24/h1-5,14,16H,6-13H2,(H,21,25)/t16-/m0/s1. The van der Waals surface area contributed by atoms with Gasteiger partial charge in [0.1, 0.15) is 0 Å². The summed E-state index contributed by atoms with van der Waals surface area (Å²) in [5.41, 5.74) is 3.32. The summed E-state index contributed by atoms with van der Waals surface area (Å²) < 4.78 is 5.39. The van der Waals surface area contributed by atoms with E-state index in [1.807, 2.05) is 36.5 Å². The van der Waals surface area contributed by atoms with Gasteiger partial charge in [-0.15, -0.1) is 0 Å². The predicted octanol–water partition coefficient (Wildman–Crippen LogP) is 1.73. The minimum Gasteiger partial charge on any atom is -0.378 e. The average Bonchev–Trinajstić information content (AvgIpc) is 2.72. The van der Waals surface area contributed by atoms with E-state index in [1.54, 1.807) is 0 Å². The van der Waals surface area contributed by atoms with Gasteiger partial charge in [0.2, 0.25) is 11.9 Å². The maximum Gasteiger partial charge on any atom is 0.225 e. The van der Waals surface area contributed by atoms with Crippen LogP contribution < -0.4 is 10.2 Å². The number of aryl methyl sites for hydroxylation is 1. The number of fused-ring (bicyclic) bond motifs is 1. The fraction of sp³-hybridized carbons (Fsp3) is 0.450. The Labute approximate surface area is 153 Å². The molecule has 4 rings (SSSR count). The quantitative estimate of drug-likeness (QED) is 0.908. The molecular formula is C20H24N4O2. The van der Waals surface area contributed by atoms with Crippen LogP contribution in [0.25, 0.3) is 0 Å². The third-order valence-corrected chi connectivity index (χ3v) is 5.11. The maximum absolute atomic E-state index is 12.5. The normalized spacial score (nSPS) is 19.7. The molecule has 1 aliphatic carbocycles. The zero-order valence-corrected chi connectivity index (χ0v) is 14.9. The number of carbonyl (C=O) groups excluding carboxylic acids is 1. The Balaban J connectivity index is 1.37. The predicted molar refractivity (Wildman–Crippen MR) is 98.9 cm³/mol. The topological polar surface area (TPSA) is 67.4 Å². The van der Waals surface area contributed by atoms with E-state index in [4.69, 9.17) is 9.72 Å². The number of carbonyl (C=O) groups is 1. The smallest absolute Gasteiger partial charge is 0.225 e. The molecule has 1 fully saturated rings. The number of ether oxygens (including phenoxy) is 1. The number of benzene rings is 1. The van der Waals surface area contributed by atoms with Crippen molar-refractivity contribution in [2.45, 2.75) is 25.8 Å². The summed E-state index contributed by atoms with van der Waals surface area (Å²) >= 11 is 0. The van der Waals surface area contributed by atoms with E-state index in [0.29, 0.717) is 6.54 Å². The fourth-order valence-electron chi connectivity index (χ4n) is 3.57. The average molecular weight is 352 g/mol. The molecule has 6 nitrogen and oxygen atoms in total. The van der Waals surface area contributed by atoms with Crippen LogP contribution in [-0.2, 0) is 28.9 Å². The van der Waals surface area contributed by atoms with E-state index < -0.39 is 0 Å². The van der Waals surface area contributed by atoms with Gasteiger partial charge in [-0.1, -0.05) is 30.3 Å². The molecule has 2 aliphatic rings. The van der Waals surface area contributed by atoms with Gasteiger partial charge >= 0.3 is 0 Å². The minimum atomic E-state index is 0.00375. The van der Waals surface area contributed by atoms with Crippen LogP contribution in [0.1, 0.15) is 23.2 Å². The summed E-state index contributed by atoms with van der Waals surface area (Å²) in [6.07, 6.45) is 4.30. The first kappa shape index (κ1) is 17.0. The lowest BCUT2D eigenvalue weighted by Gasteiger charge is -2.28. The summed E-state index contributed by atoms with van der Waals surface area (Å²) in [5, 5.41) is 3.06. The van der Waals surface area contributed by atoms with Gasteiger partial charge < -0.3 is 15.0 Å². The van der Waals surface area contributed by atoms with Crippen molar-refractivity contribution in [1.29, 1.82) is 0 Å². The number of anilines is 1. The molecule has 2 heterocycles.